The van der Waals surface area contributed by atoms with Crippen molar-refractivity contribution in [2.24, 2.45) is 22.5 Å². The second kappa shape index (κ2) is 12.4. The van der Waals surface area contributed by atoms with Gasteiger partial charge in [0.15, 0.2) is 23.0 Å². The van der Waals surface area contributed by atoms with Crippen LogP contribution in [0.5, 0.6) is 11.5 Å². The highest BCUT2D eigenvalue weighted by Gasteiger charge is 2.54. The van der Waals surface area contributed by atoms with Crippen molar-refractivity contribution in [3.8, 4) is 11.5 Å². The van der Waals surface area contributed by atoms with Gasteiger partial charge in [-0.2, -0.15) is 0 Å². The normalized spacial score (nSPS) is 27.3. The predicted octanol–water partition coefficient (Wildman–Crippen LogP) is 3.56. The van der Waals surface area contributed by atoms with E-state index in [9.17, 15) is 14.7 Å². The number of rotatable bonds is 12. The minimum absolute atomic E-state index is 0.0696. The molecule has 0 aromatic heterocycles. The lowest BCUT2D eigenvalue weighted by Gasteiger charge is -2.30. The number of hydrogen-bond donors (Lipinski definition) is 3. The number of unbranched alkanes of at least 4 members (excludes halogenated alkanes) is 2. The Morgan fingerprint density at radius 2 is 1.56 bits per heavy atom. The van der Waals surface area contributed by atoms with Crippen molar-refractivity contribution in [1.29, 1.82) is 0 Å². The molecule has 3 unspecified atom stereocenters. The van der Waals surface area contributed by atoms with E-state index in [1.54, 1.807) is 25.3 Å². The summed E-state index contributed by atoms with van der Waals surface area (Å²) in [6, 6.07) is 2.99. The van der Waals surface area contributed by atoms with Crippen molar-refractivity contribution in [3.05, 3.63) is 41.4 Å². The molecule has 0 bridgehead atoms. The Bertz CT molecular complexity index is 1370. The number of methoxy groups -OCH3 is 2. The Morgan fingerprint density at radius 3 is 2.18 bits per heavy atom. The van der Waals surface area contributed by atoms with Crippen molar-refractivity contribution >= 4 is 17.5 Å². The quantitative estimate of drug-likeness (QED) is 0.234. The number of amides is 2. The molecule has 45 heavy (non-hydrogen) atoms. The summed E-state index contributed by atoms with van der Waals surface area (Å²) in [7, 11) is 3.11. The summed E-state index contributed by atoms with van der Waals surface area (Å²) in [4.78, 5) is 30.1. The van der Waals surface area contributed by atoms with Gasteiger partial charge < -0.3 is 45.3 Å². The van der Waals surface area contributed by atoms with Gasteiger partial charge >= 0.3 is 0 Å². The van der Waals surface area contributed by atoms with Crippen LogP contribution in [-0.4, -0.2) is 85.6 Å². The maximum absolute atomic E-state index is 13.4. The third-order valence-corrected chi connectivity index (χ3v) is 10.4. The van der Waals surface area contributed by atoms with E-state index in [0.717, 1.165) is 45.1 Å². The average Bonchev–Trinajstić information content (AvgIpc) is 3.89. The first-order chi connectivity index (χ1) is 21.6. The first-order valence-electron chi connectivity index (χ1n) is 16.3. The minimum Gasteiger partial charge on any atom is -0.493 e. The van der Waals surface area contributed by atoms with Gasteiger partial charge in [0.05, 0.1) is 38.9 Å². The van der Waals surface area contributed by atoms with Gasteiger partial charge in [0.1, 0.15) is 6.23 Å². The molecule has 6 rings (SSSR count). The average molecular weight is 625 g/mol. The third kappa shape index (κ3) is 6.47. The summed E-state index contributed by atoms with van der Waals surface area (Å²) < 4.78 is 23.1. The molecule has 0 radical (unpaired) electrons. The largest absolute Gasteiger partial charge is 0.493 e. The molecule has 11 nitrogen and oxygen atoms in total. The molecule has 3 aliphatic carbocycles. The van der Waals surface area contributed by atoms with Crippen LogP contribution in [-0.2, 0) is 14.3 Å². The molecule has 246 valence electrons. The van der Waals surface area contributed by atoms with Gasteiger partial charge in [-0.1, -0.05) is 0 Å². The second-order valence-corrected chi connectivity index (χ2v) is 13.9. The summed E-state index contributed by atoms with van der Waals surface area (Å²) in [6.45, 7) is 4.43. The van der Waals surface area contributed by atoms with E-state index < -0.39 is 18.2 Å². The fourth-order valence-electron chi connectivity index (χ4n) is 7.29. The smallest absolute Gasteiger partial charge is 0.258 e. The Labute approximate surface area is 265 Å². The lowest BCUT2D eigenvalue weighted by Crippen LogP contribution is -2.45. The van der Waals surface area contributed by atoms with E-state index in [1.165, 1.54) is 24.9 Å². The molecule has 1 aromatic carbocycles. The van der Waals surface area contributed by atoms with Crippen molar-refractivity contribution in [3.63, 3.8) is 0 Å². The summed E-state index contributed by atoms with van der Waals surface area (Å²) in [5.74, 6) is 1.34. The van der Waals surface area contributed by atoms with Crippen LogP contribution in [0.1, 0.15) is 75.1 Å². The zero-order chi connectivity index (χ0) is 31.9. The van der Waals surface area contributed by atoms with Gasteiger partial charge in [-0.15, -0.1) is 0 Å². The zero-order valence-electron chi connectivity index (χ0n) is 26.8. The Kier molecular flexibility index (Phi) is 8.69. The monoisotopic (exact) mass is 624 g/mol. The van der Waals surface area contributed by atoms with Crippen LogP contribution in [0.15, 0.2) is 35.8 Å². The molecule has 4 fully saturated rings. The molecule has 2 amide bonds. The van der Waals surface area contributed by atoms with Crippen LogP contribution in [0, 0.1) is 16.7 Å². The summed E-state index contributed by atoms with van der Waals surface area (Å²) in [6.07, 6.45) is 11.5. The van der Waals surface area contributed by atoms with Crippen LogP contribution in [0.3, 0.4) is 0 Å². The number of carbonyl (C=O) groups excluding carboxylic acids is 2. The molecule has 1 aromatic rings. The van der Waals surface area contributed by atoms with Crippen LogP contribution in [0.2, 0.25) is 0 Å². The standard InChI is InChI=1S/C34H48N4O7/c1-21-17-33(7-8-33)19-37(21)31(40)22-13-26(42-2)28(15-24(22)35)44-11-5-4-6-12-45-29-16-25(36)23(14-27(29)43-3)32(41)38-20-34(9-10-34)18-30(38)39/h13-16,21-22,24,30,39H,4-12,17-20,35-36H2,1-3H3/t21-,22?,24?,30?/m1/s1. The highest BCUT2D eigenvalue weighted by Crippen LogP contribution is 2.55. The number of hydrogen-bond acceptors (Lipinski definition) is 9. The molecule has 5 aliphatic rings. The lowest BCUT2D eigenvalue weighted by molar-refractivity contribution is -0.135. The number of nitrogens with two attached hydrogens (primary N) is 2. The maximum Gasteiger partial charge on any atom is 0.258 e. The van der Waals surface area contributed by atoms with Crippen molar-refractivity contribution in [1.82, 2.24) is 9.80 Å². The fourth-order valence-corrected chi connectivity index (χ4v) is 7.29. The number of likely N-dealkylation sites (tertiary alicyclic amines) is 2. The van der Waals surface area contributed by atoms with Gasteiger partial charge in [0.25, 0.3) is 5.91 Å². The maximum atomic E-state index is 13.4. The van der Waals surface area contributed by atoms with Gasteiger partial charge in [0.2, 0.25) is 5.91 Å². The Morgan fingerprint density at radius 1 is 0.889 bits per heavy atom. The number of ether oxygens (including phenoxy) is 4. The van der Waals surface area contributed by atoms with Gasteiger partial charge in [0, 0.05) is 36.9 Å². The molecule has 2 saturated carbocycles. The SMILES string of the molecule is COC1=CC(C(=O)N2CC3(CC3)C[C@H]2C)C(N)C=C1OCCCCCOc1cc(N)c(C(=O)N2CC3(CC3)CC2O)cc1OC. The van der Waals surface area contributed by atoms with Gasteiger partial charge in [-0.3, -0.25) is 9.59 Å². The summed E-state index contributed by atoms with van der Waals surface area (Å²) in [5.41, 5.74) is 13.7. The van der Waals surface area contributed by atoms with Crippen molar-refractivity contribution in [2.75, 3.05) is 46.3 Å². The van der Waals surface area contributed by atoms with E-state index in [2.05, 4.69) is 6.92 Å². The zero-order valence-corrected chi connectivity index (χ0v) is 26.8. The summed E-state index contributed by atoms with van der Waals surface area (Å²) >= 11 is 0. The lowest BCUT2D eigenvalue weighted by atomic mass is 9.92. The highest BCUT2D eigenvalue weighted by molar-refractivity contribution is 6.00. The molecule has 5 N–H and O–H groups in total. The second-order valence-electron chi connectivity index (χ2n) is 13.9. The van der Waals surface area contributed by atoms with Crippen molar-refractivity contribution in [2.45, 2.75) is 83.0 Å². The summed E-state index contributed by atoms with van der Waals surface area (Å²) in [5, 5.41) is 10.4. The third-order valence-electron chi connectivity index (χ3n) is 10.4. The van der Waals surface area contributed by atoms with Crippen LogP contribution in [0.4, 0.5) is 5.69 Å². The van der Waals surface area contributed by atoms with Crippen LogP contribution >= 0.6 is 0 Å². The van der Waals surface area contributed by atoms with Gasteiger partial charge in [-0.25, -0.2) is 0 Å². The first-order valence-corrected chi connectivity index (χ1v) is 16.3. The number of nitrogen functional groups attached to an aromatic ring is 1. The Hall–Kier alpha value is -3.44. The van der Waals surface area contributed by atoms with E-state index in [-0.39, 0.29) is 23.3 Å². The van der Waals surface area contributed by atoms with E-state index in [0.29, 0.717) is 65.9 Å². The Balaban J connectivity index is 0.945. The van der Waals surface area contributed by atoms with E-state index in [1.807, 2.05) is 11.0 Å². The minimum atomic E-state index is -0.784. The number of carbonyl (C=O) groups is 2. The molecule has 11 heteroatoms. The molecule has 2 heterocycles. The predicted molar refractivity (Wildman–Crippen MR) is 168 cm³/mol. The number of aliphatic hydroxyl groups is 1. The van der Waals surface area contributed by atoms with Gasteiger partial charge in [-0.05, 0) is 93.8 Å². The molecular formula is C34H48N4O7. The number of nitrogens with zero attached hydrogens (tertiary/aromatic N) is 2. The number of aliphatic hydroxyl groups excluding tert-OH is 1. The molecule has 2 spiro atoms. The first kappa shape index (κ1) is 31.5. The topological polar surface area (TPSA) is 150 Å². The molecule has 4 atom stereocenters. The molecule has 2 aliphatic heterocycles. The fraction of sp³-hybridized carbons (Fsp3) is 0.647. The number of benzene rings is 1. The van der Waals surface area contributed by atoms with Crippen LogP contribution in [0.25, 0.3) is 0 Å². The number of anilines is 1. The van der Waals surface area contributed by atoms with Crippen molar-refractivity contribution < 1.29 is 33.6 Å². The highest BCUT2D eigenvalue weighted by atomic mass is 16.5. The molecular weight excluding hydrogens is 576 g/mol. The van der Waals surface area contributed by atoms with E-state index in [4.69, 9.17) is 30.4 Å². The van der Waals surface area contributed by atoms with Crippen LogP contribution < -0.4 is 20.9 Å². The molecule has 2 saturated heterocycles. The van der Waals surface area contributed by atoms with E-state index >= 15 is 0 Å².